The minimum absolute atomic E-state index is 0.164. The molecule has 1 N–H and O–H groups in total. The summed E-state index contributed by atoms with van der Waals surface area (Å²) >= 11 is 0. The molecule has 0 aliphatic rings. The molecule has 0 aromatic rings. The van der Waals surface area contributed by atoms with Gasteiger partial charge in [0.05, 0.1) is 6.42 Å². The molecular formula is C8H14O2. The van der Waals surface area contributed by atoms with E-state index >= 15 is 0 Å². The van der Waals surface area contributed by atoms with Crippen molar-refractivity contribution in [1.29, 1.82) is 0 Å². The molecule has 0 fully saturated rings. The Kier molecular flexibility index (Phi) is 4.63. The molecule has 1 unspecified atom stereocenters. The van der Waals surface area contributed by atoms with Gasteiger partial charge in [0.1, 0.15) is 0 Å². The molecule has 0 saturated heterocycles. The topological polar surface area (TPSA) is 37.3 Å². The molecular weight excluding hydrogens is 128 g/mol. The van der Waals surface area contributed by atoms with E-state index in [1.807, 2.05) is 26.0 Å². The van der Waals surface area contributed by atoms with Gasteiger partial charge in [0, 0.05) is 0 Å². The van der Waals surface area contributed by atoms with E-state index in [9.17, 15) is 4.79 Å². The molecule has 0 aliphatic carbocycles. The fourth-order valence-electron chi connectivity index (χ4n) is 0.712. The Balaban J connectivity index is 3.52. The molecule has 0 aliphatic heterocycles. The maximum atomic E-state index is 10.1. The van der Waals surface area contributed by atoms with Gasteiger partial charge in [-0.1, -0.05) is 26.0 Å². The average molecular weight is 142 g/mol. The predicted octanol–water partition coefficient (Wildman–Crippen LogP) is 2.06. The molecule has 0 heterocycles. The zero-order chi connectivity index (χ0) is 7.98. The normalized spacial score (nSPS) is 13.8. The SMILES string of the molecule is CC/C=C/C(C)CC(=O)O. The summed E-state index contributed by atoms with van der Waals surface area (Å²) < 4.78 is 0. The highest BCUT2D eigenvalue weighted by atomic mass is 16.4. The monoisotopic (exact) mass is 142 g/mol. The van der Waals surface area contributed by atoms with Gasteiger partial charge in [0.2, 0.25) is 0 Å². The number of aliphatic carboxylic acids is 1. The third-order valence-corrected chi connectivity index (χ3v) is 1.20. The van der Waals surface area contributed by atoms with E-state index in [1.165, 1.54) is 0 Å². The highest BCUT2D eigenvalue weighted by molar-refractivity contribution is 5.67. The molecule has 58 valence electrons. The summed E-state index contributed by atoms with van der Waals surface area (Å²) in [5.41, 5.74) is 0. The number of rotatable bonds is 4. The van der Waals surface area contributed by atoms with Crippen LogP contribution < -0.4 is 0 Å². The molecule has 0 aromatic heterocycles. The predicted molar refractivity (Wildman–Crippen MR) is 40.8 cm³/mol. The zero-order valence-electron chi connectivity index (χ0n) is 6.50. The molecule has 0 spiro atoms. The largest absolute Gasteiger partial charge is 0.481 e. The van der Waals surface area contributed by atoms with Crippen LogP contribution in [-0.2, 0) is 4.79 Å². The first-order valence-electron chi connectivity index (χ1n) is 3.55. The van der Waals surface area contributed by atoms with Crippen LogP contribution in [0.1, 0.15) is 26.7 Å². The van der Waals surface area contributed by atoms with Crippen LogP contribution in [0.25, 0.3) is 0 Å². The van der Waals surface area contributed by atoms with Gasteiger partial charge < -0.3 is 5.11 Å². The summed E-state index contributed by atoms with van der Waals surface area (Å²) in [6.07, 6.45) is 5.14. The van der Waals surface area contributed by atoms with E-state index in [0.29, 0.717) is 0 Å². The van der Waals surface area contributed by atoms with E-state index in [2.05, 4.69) is 0 Å². The molecule has 10 heavy (non-hydrogen) atoms. The average Bonchev–Trinajstić information content (AvgIpc) is 1.82. The standard InChI is InChI=1S/C8H14O2/c1-3-4-5-7(2)6-8(9)10/h4-5,7H,3,6H2,1-2H3,(H,9,10)/b5-4+. The van der Waals surface area contributed by atoms with E-state index in [4.69, 9.17) is 5.11 Å². The molecule has 0 rings (SSSR count). The van der Waals surface area contributed by atoms with Gasteiger partial charge in [-0.25, -0.2) is 0 Å². The van der Waals surface area contributed by atoms with E-state index < -0.39 is 5.97 Å². The van der Waals surface area contributed by atoms with Crippen molar-refractivity contribution in [3.05, 3.63) is 12.2 Å². The number of allylic oxidation sites excluding steroid dienone is 2. The first-order valence-corrected chi connectivity index (χ1v) is 3.55. The van der Waals surface area contributed by atoms with Crippen molar-refractivity contribution in [2.24, 2.45) is 5.92 Å². The second kappa shape index (κ2) is 5.03. The molecule has 0 bridgehead atoms. The molecule has 1 atom stereocenters. The second-order valence-electron chi connectivity index (χ2n) is 2.41. The Bertz CT molecular complexity index is 127. The van der Waals surface area contributed by atoms with Crippen LogP contribution in [-0.4, -0.2) is 11.1 Å². The van der Waals surface area contributed by atoms with Crippen molar-refractivity contribution in [3.63, 3.8) is 0 Å². The smallest absolute Gasteiger partial charge is 0.303 e. The maximum absolute atomic E-state index is 10.1. The lowest BCUT2D eigenvalue weighted by molar-refractivity contribution is -0.137. The van der Waals surface area contributed by atoms with Crippen LogP contribution in [0.2, 0.25) is 0 Å². The first-order chi connectivity index (χ1) is 4.66. The minimum Gasteiger partial charge on any atom is -0.481 e. The summed E-state index contributed by atoms with van der Waals surface area (Å²) in [6, 6.07) is 0. The van der Waals surface area contributed by atoms with E-state index in [-0.39, 0.29) is 12.3 Å². The van der Waals surface area contributed by atoms with Gasteiger partial charge in [-0.3, -0.25) is 4.79 Å². The Hall–Kier alpha value is -0.790. The first kappa shape index (κ1) is 9.21. The van der Waals surface area contributed by atoms with Crippen LogP contribution in [0.5, 0.6) is 0 Å². The second-order valence-corrected chi connectivity index (χ2v) is 2.41. The van der Waals surface area contributed by atoms with E-state index in [0.717, 1.165) is 6.42 Å². The Morgan fingerprint density at radius 2 is 2.30 bits per heavy atom. The Morgan fingerprint density at radius 3 is 2.70 bits per heavy atom. The van der Waals surface area contributed by atoms with Crippen LogP contribution in [0.3, 0.4) is 0 Å². The van der Waals surface area contributed by atoms with Crippen molar-refractivity contribution in [2.45, 2.75) is 26.7 Å². The molecule has 0 amide bonds. The maximum Gasteiger partial charge on any atom is 0.303 e. The lowest BCUT2D eigenvalue weighted by atomic mass is 10.1. The highest BCUT2D eigenvalue weighted by Gasteiger charge is 2.01. The van der Waals surface area contributed by atoms with Gasteiger partial charge in [-0.15, -0.1) is 0 Å². The summed E-state index contributed by atoms with van der Waals surface area (Å²) in [4.78, 5) is 10.1. The lowest BCUT2D eigenvalue weighted by Crippen LogP contribution is -2.00. The summed E-state index contributed by atoms with van der Waals surface area (Å²) in [5.74, 6) is -0.564. The Morgan fingerprint density at radius 1 is 1.70 bits per heavy atom. The van der Waals surface area contributed by atoms with Crippen molar-refractivity contribution in [2.75, 3.05) is 0 Å². The van der Waals surface area contributed by atoms with Crippen molar-refractivity contribution in [1.82, 2.24) is 0 Å². The number of carboxylic acid groups (broad SMARTS) is 1. The lowest BCUT2D eigenvalue weighted by Gasteiger charge is -1.98. The van der Waals surface area contributed by atoms with Gasteiger partial charge >= 0.3 is 5.97 Å². The third-order valence-electron chi connectivity index (χ3n) is 1.20. The van der Waals surface area contributed by atoms with Gasteiger partial charge in [0.25, 0.3) is 0 Å². The molecule has 0 aromatic carbocycles. The quantitative estimate of drug-likeness (QED) is 0.610. The van der Waals surface area contributed by atoms with Gasteiger partial charge in [-0.05, 0) is 12.3 Å². The van der Waals surface area contributed by atoms with Crippen LogP contribution in [0.15, 0.2) is 12.2 Å². The van der Waals surface area contributed by atoms with Gasteiger partial charge in [0.15, 0.2) is 0 Å². The summed E-state index contributed by atoms with van der Waals surface area (Å²) in [7, 11) is 0. The van der Waals surface area contributed by atoms with Crippen molar-refractivity contribution < 1.29 is 9.90 Å². The van der Waals surface area contributed by atoms with Crippen molar-refractivity contribution >= 4 is 5.97 Å². The summed E-state index contributed by atoms with van der Waals surface area (Å²) in [5, 5.41) is 8.35. The highest BCUT2D eigenvalue weighted by Crippen LogP contribution is 2.03. The summed E-state index contributed by atoms with van der Waals surface area (Å²) in [6.45, 7) is 3.93. The number of hydrogen-bond acceptors (Lipinski definition) is 1. The van der Waals surface area contributed by atoms with Crippen LogP contribution >= 0.6 is 0 Å². The zero-order valence-corrected chi connectivity index (χ0v) is 6.50. The molecule has 2 heteroatoms. The molecule has 0 saturated carbocycles. The van der Waals surface area contributed by atoms with E-state index in [1.54, 1.807) is 0 Å². The molecule has 2 nitrogen and oxygen atoms in total. The fraction of sp³-hybridized carbons (Fsp3) is 0.625. The van der Waals surface area contributed by atoms with Gasteiger partial charge in [-0.2, -0.15) is 0 Å². The van der Waals surface area contributed by atoms with Crippen LogP contribution in [0.4, 0.5) is 0 Å². The number of carboxylic acids is 1. The van der Waals surface area contributed by atoms with Crippen LogP contribution in [0, 0.1) is 5.92 Å². The molecule has 0 radical (unpaired) electrons. The number of hydrogen-bond donors (Lipinski definition) is 1. The third kappa shape index (κ3) is 5.35. The minimum atomic E-state index is -0.728. The Labute approximate surface area is 61.6 Å². The number of carbonyl (C=O) groups is 1. The van der Waals surface area contributed by atoms with Crippen molar-refractivity contribution in [3.8, 4) is 0 Å². The fourth-order valence-corrected chi connectivity index (χ4v) is 0.712.